The van der Waals surface area contributed by atoms with Crippen LogP contribution in [0, 0.1) is 5.92 Å². The quantitative estimate of drug-likeness (QED) is 0.605. The number of hydrogen-bond donors (Lipinski definition) is 1. The number of ether oxygens (including phenoxy) is 1. The standard InChI is InChI=1S/C14H22O4/c1-3-11-7-5-6-10-14(11,4-2)18-13(17)9-8-12(15)16/h8-9,11H,3-7,10H2,1-2H3,(H,15,16)/b9-8-. The molecule has 1 rings (SSSR count). The highest BCUT2D eigenvalue weighted by Gasteiger charge is 2.41. The zero-order valence-corrected chi connectivity index (χ0v) is 11.1. The molecule has 102 valence electrons. The van der Waals surface area contributed by atoms with Crippen LogP contribution < -0.4 is 0 Å². The summed E-state index contributed by atoms with van der Waals surface area (Å²) in [4.78, 5) is 22.0. The van der Waals surface area contributed by atoms with Crippen molar-refractivity contribution in [2.45, 2.75) is 58.0 Å². The molecular weight excluding hydrogens is 232 g/mol. The Balaban J connectivity index is 2.74. The van der Waals surface area contributed by atoms with Crippen molar-refractivity contribution < 1.29 is 19.4 Å². The lowest BCUT2D eigenvalue weighted by Crippen LogP contribution is -2.44. The summed E-state index contributed by atoms with van der Waals surface area (Å²) in [5.74, 6) is -1.29. The molecule has 0 aromatic heterocycles. The lowest BCUT2D eigenvalue weighted by molar-refractivity contribution is -0.166. The van der Waals surface area contributed by atoms with Crippen LogP contribution in [0.3, 0.4) is 0 Å². The fourth-order valence-corrected chi connectivity index (χ4v) is 2.90. The number of esters is 1. The van der Waals surface area contributed by atoms with Gasteiger partial charge in [0.2, 0.25) is 0 Å². The molecule has 0 aromatic rings. The Morgan fingerprint density at radius 3 is 2.61 bits per heavy atom. The molecule has 0 radical (unpaired) electrons. The minimum absolute atomic E-state index is 0.387. The van der Waals surface area contributed by atoms with Crippen LogP contribution in [0.15, 0.2) is 12.2 Å². The zero-order valence-electron chi connectivity index (χ0n) is 11.1. The minimum atomic E-state index is -1.13. The van der Waals surface area contributed by atoms with Gasteiger partial charge in [-0.15, -0.1) is 0 Å². The Labute approximate surface area is 108 Å². The molecule has 2 atom stereocenters. The SMILES string of the molecule is CCC1CCCCC1(CC)OC(=O)/C=C\C(=O)O. The number of carboxylic acid groups (broad SMARTS) is 1. The van der Waals surface area contributed by atoms with Crippen molar-refractivity contribution in [2.75, 3.05) is 0 Å². The van der Waals surface area contributed by atoms with Gasteiger partial charge < -0.3 is 9.84 Å². The fourth-order valence-electron chi connectivity index (χ4n) is 2.90. The van der Waals surface area contributed by atoms with Gasteiger partial charge in [-0.2, -0.15) is 0 Å². The Bertz CT molecular complexity index is 335. The first kappa shape index (κ1) is 14.7. The first-order valence-corrected chi connectivity index (χ1v) is 6.68. The maximum atomic E-state index is 11.7. The second-order valence-corrected chi connectivity index (χ2v) is 4.86. The van der Waals surface area contributed by atoms with Gasteiger partial charge in [0, 0.05) is 12.2 Å². The topological polar surface area (TPSA) is 63.6 Å². The molecular formula is C14H22O4. The van der Waals surface area contributed by atoms with E-state index in [1.165, 1.54) is 6.42 Å². The molecule has 0 aliphatic heterocycles. The molecule has 1 fully saturated rings. The normalized spacial score (nSPS) is 28.2. The smallest absolute Gasteiger partial charge is 0.331 e. The number of carbonyl (C=O) groups excluding carboxylic acids is 1. The van der Waals surface area contributed by atoms with E-state index < -0.39 is 17.5 Å². The molecule has 18 heavy (non-hydrogen) atoms. The second kappa shape index (κ2) is 6.57. The predicted molar refractivity (Wildman–Crippen MR) is 68.1 cm³/mol. The highest BCUT2D eigenvalue weighted by molar-refractivity contribution is 5.90. The maximum Gasteiger partial charge on any atom is 0.331 e. The monoisotopic (exact) mass is 254 g/mol. The van der Waals surface area contributed by atoms with E-state index in [9.17, 15) is 9.59 Å². The van der Waals surface area contributed by atoms with Crippen LogP contribution in [0.25, 0.3) is 0 Å². The third-order valence-corrected chi connectivity index (χ3v) is 3.90. The molecule has 0 amide bonds. The van der Waals surface area contributed by atoms with Crippen LogP contribution in [0.5, 0.6) is 0 Å². The van der Waals surface area contributed by atoms with E-state index in [1.54, 1.807) is 0 Å². The number of hydrogen-bond acceptors (Lipinski definition) is 3. The fraction of sp³-hybridized carbons (Fsp3) is 0.714. The van der Waals surface area contributed by atoms with E-state index >= 15 is 0 Å². The molecule has 0 heterocycles. The van der Waals surface area contributed by atoms with E-state index in [-0.39, 0.29) is 0 Å². The summed E-state index contributed by atoms with van der Waals surface area (Å²) in [6.07, 6.45) is 7.83. The van der Waals surface area contributed by atoms with Crippen LogP contribution in [0.4, 0.5) is 0 Å². The van der Waals surface area contributed by atoms with Crippen molar-refractivity contribution >= 4 is 11.9 Å². The van der Waals surface area contributed by atoms with Gasteiger partial charge in [-0.25, -0.2) is 9.59 Å². The van der Waals surface area contributed by atoms with Crippen LogP contribution in [-0.4, -0.2) is 22.6 Å². The van der Waals surface area contributed by atoms with Crippen LogP contribution >= 0.6 is 0 Å². The molecule has 0 bridgehead atoms. The van der Waals surface area contributed by atoms with Crippen molar-refractivity contribution in [2.24, 2.45) is 5.92 Å². The summed E-state index contributed by atoms with van der Waals surface area (Å²) >= 11 is 0. The molecule has 0 aromatic carbocycles. The summed E-state index contributed by atoms with van der Waals surface area (Å²) < 4.78 is 5.59. The Kier molecular flexibility index (Phi) is 5.38. The third kappa shape index (κ3) is 3.59. The Morgan fingerprint density at radius 1 is 1.33 bits per heavy atom. The van der Waals surface area contributed by atoms with Crippen LogP contribution in [0.2, 0.25) is 0 Å². The average Bonchev–Trinajstić information content (AvgIpc) is 2.36. The lowest BCUT2D eigenvalue weighted by atomic mass is 9.72. The number of aliphatic carboxylic acids is 1. The molecule has 2 unspecified atom stereocenters. The lowest BCUT2D eigenvalue weighted by Gasteiger charge is -2.42. The van der Waals surface area contributed by atoms with Gasteiger partial charge in [0.1, 0.15) is 5.60 Å². The minimum Gasteiger partial charge on any atom is -0.478 e. The summed E-state index contributed by atoms with van der Waals surface area (Å²) in [5, 5.41) is 8.49. The summed E-state index contributed by atoms with van der Waals surface area (Å²) in [5.41, 5.74) is -0.396. The molecule has 1 N–H and O–H groups in total. The number of carbonyl (C=O) groups is 2. The van der Waals surface area contributed by atoms with Crippen LogP contribution in [0.1, 0.15) is 52.4 Å². The van der Waals surface area contributed by atoms with Crippen molar-refractivity contribution in [1.29, 1.82) is 0 Å². The van der Waals surface area contributed by atoms with E-state index in [0.29, 0.717) is 5.92 Å². The first-order chi connectivity index (χ1) is 8.54. The number of carboxylic acids is 1. The molecule has 4 nitrogen and oxygen atoms in total. The molecule has 0 saturated heterocycles. The molecule has 1 saturated carbocycles. The first-order valence-electron chi connectivity index (χ1n) is 6.68. The summed E-state index contributed by atoms with van der Waals surface area (Å²) in [6.45, 7) is 4.14. The third-order valence-electron chi connectivity index (χ3n) is 3.90. The average molecular weight is 254 g/mol. The van der Waals surface area contributed by atoms with Crippen molar-refractivity contribution in [3.63, 3.8) is 0 Å². The summed E-state index contributed by atoms with van der Waals surface area (Å²) in [6, 6.07) is 0. The van der Waals surface area contributed by atoms with Crippen molar-refractivity contribution in [3.05, 3.63) is 12.2 Å². The second-order valence-electron chi connectivity index (χ2n) is 4.86. The van der Waals surface area contributed by atoms with E-state index in [1.807, 2.05) is 6.92 Å². The zero-order chi connectivity index (χ0) is 13.6. The van der Waals surface area contributed by atoms with Gasteiger partial charge >= 0.3 is 11.9 Å². The van der Waals surface area contributed by atoms with Gasteiger partial charge in [-0.05, 0) is 38.0 Å². The van der Waals surface area contributed by atoms with Gasteiger partial charge in [-0.1, -0.05) is 20.3 Å². The molecule has 0 spiro atoms. The van der Waals surface area contributed by atoms with Gasteiger partial charge in [0.05, 0.1) is 0 Å². The van der Waals surface area contributed by atoms with Gasteiger partial charge in [-0.3, -0.25) is 0 Å². The molecule has 1 aliphatic rings. The maximum absolute atomic E-state index is 11.7. The van der Waals surface area contributed by atoms with Gasteiger partial charge in [0.15, 0.2) is 0 Å². The van der Waals surface area contributed by atoms with Gasteiger partial charge in [0.25, 0.3) is 0 Å². The molecule has 4 heteroatoms. The Hall–Kier alpha value is -1.32. The predicted octanol–water partition coefficient (Wildman–Crippen LogP) is 2.92. The molecule has 1 aliphatic carbocycles. The van der Waals surface area contributed by atoms with Crippen molar-refractivity contribution in [3.8, 4) is 0 Å². The highest BCUT2D eigenvalue weighted by Crippen LogP contribution is 2.41. The largest absolute Gasteiger partial charge is 0.478 e. The van der Waals surface area contributed by atoms with E-state index in [0.717, 1.165) is 44.3 Å². The van der Waals surface area contributed by atoms with Crippen molar-refractivity contribution in [1.82, 2.24) is 0 Å². The highest BCUT2D eigenvalue weighted by atomic mass is 16.6. The van der Waals surface area contributed by atoms with Crippen LogP contribution in [-0.2, 0) is 14.3 Å². The van der Waals surface area contributed by atoms with E-state index in [2.05, 4.69) is 6.92 Å². The van der Waals surface area contributed by atoms with E-state index in [4.69, 9.17) is 9.84 Å². The Morgan fingerprint density at radius 2 is 2.06 bits per heavy atom. The number of rotatable bonds is 5. The summed E-state index contributed by atoms with van der Waals surface area (Å²) in [7, 11) is 0.